The number of hydrogen-bond acceptors (Lipinski definition) is 5. The highest BCUT2D eigenvalue weighted by Gasteiger charge is 2.13. The summed E-state index contributed by atoms with van der Waals surface area (Å²) >= 11 is 0. The summed E-state index contributed by atoms with van der Waals surface area (Å²) in [5.74, 6) is 1.35. The molecule has 0 radical (unpaired) electrons. The Kier molecular flexibility index (Phi) is 5.56. The van der Waals surface area contributed by atoms with E-state index in [-0.39, 0.29) is 5.91 Å². The second-order valence-corrected chi connectivity index (χ2v) is 5.71. The molecule has 0 aliphatic heterocycles. The third kappa shape index (κ3) is 4.00. The van der Waals surface area contributed by atoms with Crippen LogP contribution < -0.4 is 19.6 Å². The van der Waals surface area contributed by atoms with Gasteiger partial charge in [0.05, 0.1) is 33.1 Å². The van der Waals surface area contributed by atoms with E-state index in [9.17, 15) is 4.79 Å². The van der Waals surface area contributed by atoms with Gasteiger partial charge in [-0.05, 0) is 46.7 Å². The molecule has 1 N–H and O–H groups in total. The number of hydrogen-bond donors (Lipinski definition) is 1. The Morgan fingerprint density at radius 2 is 1.52 bits per heavy atom. The summed E-state index contributed by atoms with van der Waals surface area (Å²) in [7, 11) is 4.67. The maximum absolute atomic E-state index is 12.5. The number of benzene rings is 3. The molecule has 3 aromatic rings. The van der Waals surface area contributed by atoms with Crippen molar-refractivity contribution in [1.82, 2.24) is 5.43 Å². The van der Waals surface area contributed by atoms with Crippen LogP contribution in [0.3, 0.4) is 0 Å². The number of amides is 1. The molecule has 0 saturated heterocycles. The van der Waals surface area contributed by atoms with E-state index in [2.05, 4.69) is 10.5 Å². The van der Waals surface area contributed by atoms with E-state index in [1.54, 1.807) is 32.4 Å². The van der Waals surface area contributed by atoms with Gasteiger partial charge in [-0.25, -0.2) is 5.43 Å². The fourth-order valence-corrected chi connectivity index (χ4v) is 2.72. The molecule has 0 aliphatic rings. The van der Waals surface area contributed by atoms with Gasteiger partial charge in [-0.3, -0.25) is 4.79 Å². The molecule has 3 aromatic carbocycles. The number of carbonyl (C=O) groups is 1. The normalized spacial score (nSPS) is 10.8. The van der Waals surface area contributed by atoms with Gasteiger partial charge in [0.25, 0.3) is 5.91 Å². The highest BCUT2D eigenvalue weighted by atomic mass is 16.5. The molecule has 0 aromatic heterocycles. The van der Waals surface area contributed by atoms with E-state index >= 15 is 0 Å². The lowest BCUT2D eigenvalue weighted by atomic mass is 10.1. The Morgan fingerprint density at radius 3 is 2.19 bits per heavy atom. The Labute approximate surface area is 157 Å². The lowest BCUT2D eigenvalue weighted by molar-refractivity contribution is 0.0952. The zero-order valence-corrected chi connectivity index (χ0v) is 15.4. The maximum Gasteiger partial charge on any atom is 0.275 e. The van der Waals surface area contributed by atoms with Gasteiger partial charge in [-0.15, -0.1) is 0 Å². The predicted octanol–water partition coefficient (Wildman–Crippen LogP) is 3.63. The summed E-state index contributed by atoms with van der Waals surface area (Å²) in [6, 6.07) is 16.7. The van der Waals surface area contributed by atoms with Crippen LogP contribution in [-0.2, 0) is 0 Å². The van der Waals surface area contributed by atoms with Crippen LogP contribution in [-0.4, -0.2) is 33.5 Å². The number of nitrogens with zero attached hydrogens (tertiary/aromatic N) is 1. The summed E-state index contributed by atoms with van der Waals surface area (Å²) in [5, 5.41) is 5.98. The lowest BCUT2D eigenvalue weighted by Crippen LogP contribution is -2.18. The van der Waals surface area contributed by atoms with E-state index in [1.165, 1.54) is 13.3 Å². The molecule has 0 bridgehead atoms. The van der Waals surface area contributed by atoms with Gasteiger partial charge in [-0.1, -0.05) is 24.3 Å². The minimum Gasteiger partial charge on any atom is -0.496 e. The monoisotopic (exact) mass is 364 g/mol. The van der Waals surface area contributed by atoms with Crippen molar-refractivity contribution in [3.63, 3.8) is 0 Å². The van der Waals surface area contributed by atoms with Gasteiger partial charge in [-0.2, -0.15) is 5.10 Å². The summed E-state index contributed by atoms with van der Waals surface area (Å²) in [6.45, 7) is 0. The first kappa shape index (κ1) is 18.3. The highest BCUT2D eigenvalue weighted by molar-refractivity contribution is 6.02. The van der Waals surface area contributed by atoms with E-state index in [0.717, 1.165) is 16.3 Å². The topological polar surface area (TPSA) is 69.2 Å². The third-order valence-corrected chi connectivity index (χ3v) is 4.10. The molecule has 27 heavy (non-hydrogen) atoms. The minimum absolute atomic E-state index is 0.352. The van der Waals surface area contributed by atoms with Crippen LogP contribution in [0.15, 0.2) is 59.7 Å². The van der Waals surface area contributed by atoms with Crippen molar-refractivity contribution in [3.05, 3.63) is 65.7 Å². The Balaban J connectivity index is 1.79. The van der Waals surface area contributed by atoms with Crippen molar-refractivity contribution < 1.29 is 19.0 Å². The molecular weight excluding hydrogens is 344 g/mol. The van der Waals surface area contributed by atoms with E-state index in [0.29, 0.717) is 22.8 Å². The average molecular weight is 364 g/mol. The molecule has 0 unspecified atom stereocenters. The van der Waals surface area contributed by atoms with Crippen LogP contribution in [0.1, 0.15) is 15.9 Å². The maximum atomic E-state index is 12.5. The smallest absolute Gasteiger partial charge is 0.275 e. The molecule has 0 fully saturated rings. The number of ether oxygens (including phenoxy) is 3. The number of fused-ring (bicyclic) bond motifs is 1. The van der Waals surface area contributed by atoms with E-state index < -0.39 is 0 Å². The molecule has 6 nitrogen and oxygen atoms in total. The number of methoxy groups -OCH3 is 3. The SMILES string of the molecule is COc1ccc(/C=N/NC(=O)c2cc3ccccc3cc2OC)cc1OC. The zero-order chi connectivity index (χ0) is 19.2. The fourth-order valence-electron chi connectivity index (χ4n) is 2.72. The summed E-state index contributed by atoms with van der Waals surface area (Å²) in [5.41, 5.74) is 3.71. The largest absolute Gasteiger partial charge is 0.496 e. The number of rotatable bonds is 6. The molecule has 6 heteroatoms. The van der Waals surface area contributed by atoms with Crippen LogP contribution in [0.4, 0.5) is 0 Å². The number of nitrogens with one attached hydrogen (secondary N) is 1. The van der Waals surface area contributed by atoms with Crippen molar-refractivity contribution in [2.45, 2.75) is 0 Å². The average Bonchev–Trinajstić information content (AvgIpc) is 2.72. The molecule has 0 atom stereocenters. The second-order valence-electron chi connectivity index (χ2n) is 5.71. The summed E-state index contributed by atoms with van der Waals surface area (Å²) in [4.78, 5) is 12.5. The Bertz CT molecular complexity index is 999. The minimum atomic E-state index is -0.352. The van der Waals surface area contributed by atoms with Gasteiger partial charge in [0, 0.05) is 0 Å². The van der Waals surface area contributed by atoms with E-state index in [1.807, 2.05) is 36.4 Å². The van der Waals surface area contributed by atoms with Crippen molar-refractivity contribution >= 4 is 22.9 Å². The molecular formula is C21H20N2O4. The predicted molar refractivity (Wildman–Crippen MR) is 105 cm³/mol. The molecule has 138 valence electrons. The van der Waals surface area contributed by atoms with Gasteiger partial charge in [0.2, 0.25) is 0 Å². The fraction of sp³-hybridized carbons (Fsp3) is 0.143. The van der Waals surface area contributed by atoms with Crippen LogP contribution >= 0.6 is 0 Å². The standard InChI is InChI=1S/C21H20N2O4/c1-25-18-9-8-14(10-20(18)27-3)13-22-23-21(24)17-11-15-6-4-5-7-16(15)12-19(17)26-2/h4-13H,1-3H3,(H,23,24)/b22-13+. The summed E-state index contributed by atoms with van der Waals surface area (Å²) < 4.78 is 15.8. The molecule has 0 spiro atoms. The molecule has 0 heterocycles. The first-order valence-electron chi connectivity index (χ1n) is 8.28. The molecule has 0 aliphatic carbocycles. The molecule has 1 amide bonds. The first-order chi connectivity index (χ1) is 13.2. The first-order valence-corrected chi connectivity index (χ1v) is 8.28. The van der Waals surface area contributed by atoms with E-state index in [4.69, 9.17) is 14.2 Å². The quantitative estimate of drug-likeness (QED) is 0.536. The lowest BCUT2D eigenvalue weighted by Gasteiger charge is -2.09. The van der Waals surface area contributed by atoms with Crippen molar-refractivity contribution in [2.75, 3.05) is 21.3 Å². The van der Waals surface area contributed by atoms with Gasteiger partial charge in [0.15, 0.2) is 11.5 Å². The van der Waals surface area contributed by atoms with Crippen molar-refractivity contribution in [3.8, 4) is 17.2 Å². The van der Waals surface area contributed by atoms with Crippen LogP contribution in [0.2, 0.25) is 0 Å². The number of hydrazone groups is 1. The molecule has 3 rings (SSSR count). The second kappa shape index (κ2) is 8.23. The highest BCUT2D eigenvalue weighted by Crippen LogP contribution is 2.27. The molecule has 0 saturated carbocycles. The van der Waals surface area contributed by atoms with Crippen LogP contribution in [0, 0.1) is 0 Å². The van der Waals surface area contributed by atoms with Gasteiger partial charge >= 0.3 is 0 Å². The Hall–Kier alpha value is -3.54. The van der Waals surface area contributed by atoms with Crippen LogP contribution in [0.25, 0.3) is 10.8 Å². The van der Waals surface area contributed by atoms with Crippen molar-refractivity contribution in [2.24, 2.45) is 5.10 Å². The van der Waals surface area contributed by atoms with Crippen LogP contribution in [0.5, 0.6) is 17.2 Å². The Morgan fingerprint density at radius 1 is 0.852 bits per heavy atom. The van der Waals surface area contributed by atoms with Gasteiger partial charge < -0.3 is 14.2 Å². The van der Waals surface area contributed by atoms with Gasteiger partial charge in [0.1, 0.15) is 5.75 Å². The third-order valence-electron chi connectivity index (χ3n) is 4.10. The summed E-state index contributed by atoms with van der Waals surface area (Å²) in [6.07, 6.45) is 1.54. The number of carbonyl (C=O) groups excluding carboxylic acids is 1. The zero-order valence-electron chi connectivity index (χ0n) is 15.4. The van der Waals surface area contributed by atoms with Crippen molar-refractivity contribution in [1.29, 1.82) is 0 Å².